The van der Waals surface area contributed by atoms with Crippen LogP contribution < -0.4 is 0 Å². The molecule has 0 unspecified atom stereocenters. The smallest absolute Gasteiger partial charge is 0.222 e. The lowest BCUT2D eigenvalue weighted by molar-refractivity contribution is -0.112. The maximum absolute atomic E-state index is 10.8. The van der Waals surface area contributed by atoms with E-state index in [4.69, 9.17) is 11.6 Å². The van der Waals surface area contributed by atoms with Crippen LogP contribution in [0.15, 0.2) is 24.3 Å². The first-order valence-electron chi connectivity index (χ1n) is 7.19. The van der Waals surface area contributed by atoms with Crippen LogP contribution in [0, 0.1) is 0 Å². The number of nitrogens with zero attached hydrogens (tertiary/aromatic N) is 1. The number of piperidine rings is 1. The number of fused-ring (bicyclic) bond motifs is 2. The average Bonchev–Trinajstić information content (AvgIpc) is 2.78. The monoisotopic (exact) mass is 313 g/mol. The van der Waals surface area contributed by atoms with E-state index in [9.17, 15) is 4.79 Å². The van der Waals surface area contributed by atoms with Gasteiger partial charge in [-0.1, -0.05) is 24.3 Å². The molecule has 0 N–H and O–H groups in total. The first kappa shape index (κ1) is 15.8. The Morgan fingerprint density at radius 2 is 1.90 bits per heavy atom. The Kier molecular flexibility index (Phi) is 5.11. The first-order valence-corrected chi connectivity index (χ1v) is 7.56. The Hall–Kier alpha value is -0.570. The van der Waals surface area contributed by atoms with Crippen molar-refractivity contribution < 1.29 is 4.79 Å². The fraction of sp³-hybridized carbons (Fsp3) is 0.562. The fourth-order valence-electron chi connectivity index (χ4n) is 3.73. The van der Waals surface area contributed by atoms with Crippen molar-refractivity contribution in [2.75, 3.05) is 19.6 Å². The molecule has 0 saturated carbocycles. The molecule has 2 aliphatic rings. The Labute approximate surface area is 131 Å². The van der Waals surface area contributed by atoms with Crippen molar-refractivity contribution >= 4 is 29.3 Å². The van der Waals surface area contributed by atoms with Gasteiger partial charge >= 0.3 is 0 Å². The van der Waals surface area contributed by atoms with E-state index in [2.05, 4.69) is 29.2 Å². The topological polar surface area (TPSA) is 20.3 Å². The second-order valence-corrected chi connectivity index (χ2v) is 6.31. The number of carbonyl (C=O) groups is 1. The third kappa shape index (κ3) is 3.03. The van der Waals surface area contributed by atoms with Crippen LogP contribution in [0.2, 0.25) is 0 Å². The van der Waals surface area contributed by atoms with Crippen LogP contribution in [0.3, 0.4) is 0 Å². The number of halogens is 2. The summed E-state index contributed by atoms with van der Waals surface area (Å²) < 4.78 is 0. The molecule has 0 atom stereocenters. The van der Waals surface area contributed by atoms with E-state index < -0.39 is 0 Å². The average molecular weight is 314 g/mol. The number of likely N-dealkylation sites (tertiary alicyclic amines) is 1. The maximum Gasteiger partial charge on any atom is 0.222 e. The molecule has 110 valence electrons. The van der Waals surface area contributed by atoms with Crippen LogP contribution in [0.5, 0.6) is 0 Å². The molecule has 1 aliphatic carbocycles. The molecule has 1 heterocycles. The summed E-state index contributed by atoms with van der Waals surface area (Å²) in [5, 5.41) is -0.216. The molecule has 1 aromatic rings. The fourth-order valence-corrected chi connectivity index (χ4v) is 3.82. The predicted octanol–water partition coefficient (Wildman–Crippen LogP) is 3.54. The summed E-state index contributed by atoms with van der Waals surface area (Å²) in [5.74, 6) is 0. The van der Waals surface area contributed by atoms with Crippen LogP contribution in [0.4, 0.5) is 0 Å². The van der Waals surface area contributed by atoms with Crippen LogP contribution in [0.25, 0.3) is 0 Å². The molecule has 20 heavy (non-hydrogen) atoms. The van der Waals surface area contributed by atoms with E-state index in [0.717, 1.165) is 19.6 Å². The predicted molar refractivity (Wildman–Crippen MR) is 84.8 cm³/mol. The highest BCUT2D eigenvalue weighted by Gasteiger charge is 2.40. The third-order valence-electron chi connectivity index (χ3n) is 4.90. The van der Waals surface area contributed by atoms with Crippen molar-refractivity contribution in [2.45, 2.75) is 37.5 Å². The van der Waals surface area contributed by atoms with E-state index in [1.54, 1.807) is 11.1 Å². The molecular formula is C16H21Cl2NO. The van der Waals surface area contributed by atoms with E-state index in [0.29, 0.717) is 11.8 Å². The highest BCUT2D eigenvalue weighted by atomic mass is 35.5. The summed E-state index contributed by atoms with van der Waals surface area (Å²) in [4.78, 5) is 13.2. The number of carbonyl (C=O) groups excluding carboxylic acids is 1. The number of rotatable bonds is 3. The summed E-state index contributed by atoms with van der Waals surface area (Å²) in [6, 6.07) is 8.92. The van der Waals surface area contributed by atoms with Gasteiger partial charge in [0.2, 0.25) is 5.24 Å². The molecule has 0 amide bonds. The normalized spacial score (nSPS) is 20.4. The van der Waals surface area contributed by atoms with Gasteiger partial charge in [0.15, 0.2) is 0 Å². The maximum atomic E-state index is 10.8. The highest BCUT2D eigenvalue weighted by Crippen LogP contribution is 2.45. The lowest BCUT2D eigenvalue weighted by atomic mass is 9.74. The molecule has 1 fully saturated rings. The van der Waals surface area contributed by atoms with Crippen molar-refractivity contribution in [1.82, 2.24) is 4.90 Å². The van der Waals surface area contributed by atoms with Crippen LogP contribution in [-0.4, -0.2) is 29.8 Å². The van der Waals surface area contributed by atoms with Gasteiger partial charge in [0.25, 0.3) is 0 Å². The minimum absolute atomic E-state index is 0. The van der Waals surface area contributed by atoms with Gasteiger partial charge in [-0.15, -0.1) is 12.4 Å². The van der Waals surface area contributed by atoms with E-state index >= 15 is 0 Å². The number of benzene rings is 1. The van der Waals surface area contributed by atoms with Gasteiger partial charge in [-0.05, 0) is 66.9 Å². The molecule has 0 aromatic heterocycles. The molecule has 1 saturated heterocycles. The lowest BCUT2D eigenvalue weighted by Crippen LogP contribution is -2.42. The molecule has 1 aliphatic heterocycles. The summed E-state index contributed by atoms with van der Waals surface area (Å²) in [6.07, 6.45) is 5.46. The van der Waals surface area contributed by atoms with Crippen LogP contribution in [-0.2, 0) is 16.6 Å². The minimum Gasteiger partial charge on any atom is -0.303 e. The Morgan fingerprint density at radius 1 is 1.20 bits per heavy atom. The molecule has 0 radical (unpaired) electrons. The van der Waals surface area contributed by atoms with E-state index in [-0.39, 0.29) is 17.6 Å². The van der Waals surface area contributed by atoms with E-state index in [1.165, 1.54) is 25.7 Å². The SMILES string of the molecule is Cl.O=C(Cl)CCN1CCC2(CCc3ccccc32)CC1. The molecule has 3 rings (SSSR count). The summed E-state index contributed by atoms with van der Waals surface area (Å²) in [5.41, 5.74) is 3.55. The summed E-state index contributed by atoms with van der Waals surface area (Å²) >= 11 is 5.42. The number of hydrogen-bond donors (Lipinski definition) is 0. The highest BCUT2D eigenvalue weighted by molar-refractivity contribution is 6.63. The van der Waals surface area contributed by atoms with Crippen molar-refractivity contribution in [3.8, 4) is 0 Å². The molecular weight excluding hydrogens is 293 g/mol. The molecule has 2 nitrogen and oxygen atoms in total. The zero-order chi connectivity index (χ0) is 13.3. The van der Waals surface area contributed by atoms with Gasteiger partial charge in [0.05, 0.1) is 0 Å². The third-order valence-corrected chi connectivity index (χ3v) is 5.09. The van der Waals surface area contributed by atoms with Gasteiger partial charge < -0.3 is 4.90 Å². The van der Waals surface area contributed by atoms with Gasteiger partial charge in [-0.3, -0.25) is 4.79 Å². The van der Waals surface area contributed by atoms with Crippen LogP contribution in [0.1, 0.15) is 36.8 Å². The Balaban J connectivity index is 0.00000147. The van der Waals surface area contributed by atoms with Crippen LogP contribution >= 0.6 is 24.0 Å². The molecule has 1 spiro atoms. The zero-order valence-corrected chi connectivity index (χ0v) is 13.2. The van der Waals surface area contributed by atoms with Crippen molar-refractivity contribution in [3.05, 3.63) is 35.4 Å². The summed E-state index contributed by atoms with van der Waals surface area (Å²) in [7, 11) is 0. The van der Waals surface area contributed by atoms with E-state index in [1.807, 2.05) is 0 Å². The molecule has 1 aromatic carbocycles. The van der Waals surface area contributed by atoms with Crippen molar-refractivity contribution in [3.63, 3.8) is 0 Å². The van der Waals surface area contributed by atoms with Crippen molar-refractivity contribution in [2.24, 2.45) is 0 Å². The number of aryl methyl sites for hydroxylation is 1. The molecule has 0 bridgehead atoms. The second kappa shape index (κ2) is 6.46. The quantitative estimate of drug-likeness (QED) is 0.795. The van der Waals surface area contributed by atoms with Gasteiger partial charge in [-0.25, -0.2) is 0 Å². The Morgan fingerprint density at radius 3 is 2.60 bits per heavy atom. The second-order valence-electron chi connectivity index (χ2n) is 5.88. The number of hydrogen-bond acceptors (Lipinski definition) is 2. The van der Waals surface area contributed by atoms with Gasteiger partial charge in [0.1, 0.15) is 0 Å². The standard InChI is InChI=1S/C16H20ClNO.ClH/c17-15(19)6-10-18-11-8-16(9-12-18)7-5-13-3-1-2-4-14(13)16;/h1-4H,5-12H2;1H. The van der Waals surface area contributed by atoms with Gasteiger partial charge in [-0.2, -0.15) is 0 Å². The molecule has 4 heteroatoms. The van der Waals surface area contributed by atoms with Gasteiger partial charge in [0, 0.05) is 13.0 Å². The Bertz CT molecular complexity index is 481. The summed E-state index contributed by atoms with van der Waals surface area (Å²) in [6.45, 7) is 3.01. The van der Waals surface area contributed by atoms with Crippen molar-refractivity contribution in [1.29, 1.82) is 0 Å². The minimum atomic E-state index is -0.216. The zero-order valence-electron chi connectivity index (χ0n) is 11.6. The first-order chi connectivity index (χ1) is 9.20. The largest absolute Gasteiger partial charge is 0.303 e. The lowest BCUT2D eigenvalue weighted by Gasteiger charge is -2.40.